The van der Waals surface area contributed by atoms with Crippen molar-refractivity contribution in [2.24, 2.45) is 0 Å². The van der Waals surface area contributed by atoms with Gasteiger partial charge in [0.1, 0.15) is 11.6 Å². The zero-order chi connectivity index (χ0) is 21.0. The Morgan fingerprint density at radius 3 is 2.62 bits per heavy atom. The van der Waals surface area contributed by atoms with Gasteiger partial charge in [-0.25, -0.2) is 9.97 Å². The van der Waals surface area contributed by atoms with Gasteiger partial charge >= 0.3 is 0 Å². The lowest BCUT2D eigenvalue weighted by atomic mass is 10.1. The number of carbonyl (C=O) groups excluding carboxylic acids is 2. The third kappa shape index (κ3) is 4.54. The Kier molecular flexibility index (Phi) is 6.43. The second kappa shape index (κ2) is 9.00. The summed E-state index contributed by atoms with van der Waals surface area (Å²) in [5.74, 6) is 1.41. The number of hydrogen-bond acceptors (Lipinski definition) is 6. The van der Waals surface area contributed by atoms with Crippen LogP contribution in [-0.2, 0) is 4.79 Å². The van der Waals surface area contributed by atoms with Crippen molar-refractivity contribution in [1.29, 1.82) is 0 Å². The number of carbonyl (C=O) groups is 2. The average Bonchev–Trinajstić information content (AvgIpc) is 3.18. The Morgan fingerprint density at radius 1 is 1.17 bits per heavy atom. The van der Waals surface area contributed by atoms with Crippen molar-refractivity contribution in [3.8, 4) is 0 Å². The van der Waals surface area contributed by atoms with E-state index in [-0.39, 0.29) is 5.91 Å². The van der Waals surface area contributed by atoms with Gasteiger partial charge in [0.05, 0.1) is 12.2 Å². The fourth-order valence-electron chi connectivity index (χ4n) is 3.51. The third-order valence-electron chi connectivity index (χ3n) is 5.11. The molecule has 0 aromatic carbocycles. The molecule has 0 spiro atoms. The Bertz CT molecular complexity index is 901. The molecule has 2 amide bonds. The zero-order valence-electron chi connectivity index (χ0n) is 17.5. The maximum atomic E-state index is 13.1. The summed E-state index contributed by atoms with van der Waals surface area (Å²) in [6.07, 6.45) is 4.18. The Morgan fingerprint density at radius 2 is 1.97 bits per heavy atom. The molecule has 1 N–H and O–H groups in total. The monoisotopic (exact) mass is 396 g/mol. The predicted molar refractivity (Wildman–Crippen MR) is 113 cm³/mol. The van der Waals surface area contributed by atoms with Crippen molar-refractivity contribution in [3.63, 3.8) is 0 Å². The molecular formula is C21H28N6O2. The second-order valence-corrected chi connectivity index (χ2v) is 7.39. The van der Waals surface area contributed by atoms with E-state index in [4.69, 9.17) is 0 Å². The first-order valence-electron chi connectivity index (χ1n) is 9.75. The van der Waals surface area contributed by atoms with Gasteiger partial charge in [-0.2, -0.15) is 0 Å². The van der Waals surface area contributed by atoms with E-state index >= 15 is 0 Å². The lowest BCUT2D eigenvalue weighted by molar-refractivity contribution is -0.107. The lowest BCUT2D eigenvalue weighted by Gasteiger charge is -2.22. The number of nitrogens with zero attached hydrogens (tertiary/aromatic N) is 5. The van der Waals surface area contributed by atoms with Crippen LogP contribution >= 0.6 is 0 Å². The van der Waals surface area contributed by atoms with E-state index in [1.165, 1.54) is 4.90 Å². The van der Waals surface area contributed by atoms with Crippen LogP contribution in [0.5, 0.6) is 0 Å². The number of nitrogens with one attached hydrogen (secondary N) is 1. The molecule has 154 valence electrons. The number of rotatable bonds is 7. The highest BCUT2D eigenvalue weighted by Gasteiger charge is 2.28. The van der Waals surface area contributed by atoms with Crippen molar-refractivity contribution in [2.45, 2.75) is 20.8 Å². The summed E-state index contributed by atoms with van der Waals surface area (Å²) in [5, 5.41) is 3.01. The normalized spacial score (nSPS) is 13.7. The lowest BCUT2D eigenvalue weighted by Crippen LogP contribution is -2.33. The maximum Gasteiger partial charge on any atom is 0.257 e. The number of hydrogen-bond donors (Lipinski definition) is 1. The van der Waals surface area contributed by atoms with Crippen molar-refractivity contribution in [1.82, 2.24) is 20.2 Å². The molecular weight excluding hydrogens is 368 g/mol. The first kappa shape index (κ1) is 20.7. The smallest absolute Gasteiger partial charge is 0.257 e. The Hall–Kier alpha value is -3.00. The van der Waals surface area contributed by atoms with E-state index in [0.717, 1.165) is 35.5 Å². The van der Waals surface area contributed by atoms with Crippen LogP contribution in [0.15, 0.2) is 24.5 Å². The molecule has 1 fully saturated rings. The van der Waals surface area contributed by atoms with Crippen LogP contribution in [0.4, 0.5) is 11.6 Å². The average molecular weight is 396 g/mol. The fraction of sp³-hybridized carbons (Fsp3) is 0.429. The number of aromatic nitrogens is 2. The van der Waals surface area contributed by atoms with E-state index in [9.17, 15) is 9.59 Å². The number of aryl methyl sites for hydroxylation is 3. The zero-order valence-corrected chi connectivity index (χ0v) is 17.5. The van der Waals surface area contributed by atoms with Crippen LogP contribution in [0.3, 0.4) is 0 Å². The summed E-state index contributed by atoms with van der Waals surface area (Å²) in [7, 11) is 1.83. The van der Waals surface area contributed by atoms with Crippen LogP contribution in [0.25, 0.3) is 0 Å². The molecule has 0 atom stereocenters. The van der Waals surface area contributed by atoms with Gasteiger partial charge in [-0.15, -0.1) is 0 Å². The van der Waals surface area contributed by atoms with Crippen LogP contribution < -0.4 is 15.1 Å². The molecule has 0 saturated carbocycles. The molecule has 2 aromatic rings. The summed E-state index contributed by atoms with van der Waals surface area (Å²) in [4.78, 5) is 38.7. The van der Waals surface area contributed by atoms with Crippen molar-refractivity contribution >= 4 is 24.0 Å². The van der Waals surface area contributed by atoms with Gasteiger partial charge < -0.3 is 15.1 Å². The van der Waals surface area contributed by atoms with E-state index < -0.39 is 0 Å². The molecule has 8 heteroatoms. The predicted octanol–water partition coefficient (Wildman–Crippen LogP) is 1.50. The summed E-state index contributed by atoms with van der Waals surface area (Å²) in [6.45, 7) is 9.00. The molecule has 1 saturated heterocycles. The molecule has 0 unspecified atom stereocenters. The van der Waals surface area contributed by atoms with E-state index in [0.29, 0.717) is 37.7 Å². The highest BCUT2D eigenvalue weighted by Crippen LogP contribution is 2.23. The fourth-order valence-corrected chi connectivity index (χ4v) is 3.51. The molecule has 29 heavy (non-hydrogen) atoms. The Labute approximate surface area is 171 Å². The van der Waals surface area contributed by atoms with Crippen molar-refractivity contribution in [2.75, 3.05) is 49.7 Å². The maximum absolute atomic E-state index is 13.1. The molecule has 0 bridgehead atoms. The topological polar surface area (TPSA) is 81.7 Å². The van der Waals surface area contributed by atoms with Crippen LogP contribution in [-0.4, -0.2) is 67.1 Å². The Balaban J connectivity index is 1.73. The van der Waals surface area contributed by atoms with Gasteiger partial charge in [-0.1, -0.05) is 6.07 Å². The van der Waals surface area contributed by atoms with Gasteiger partial charge in [0.15, 0.2) is 0 Å². The molecule has 1 aliphatic heterocycles. The molecule has 1 aliphatic rings. The number of likely N-dealkylation sites (N-methyl/N-ethyl adjacent to an activating group) is 1. The summed E-state index contributed by atoms with van der Waals surface area (Å²) in [5.41, 5.74) is 3.60. The largest absolute Gasteiger partial charge is 0.337 e. The number of pyridine rings is 2. The molecule has 8 nitrogen and oxygen atoms in total. The van der Waals surface area contributed by atoms with E-state index in [1.807, 2.05) is 38.9 Å². The minimum atomic E-state index is -0.0540. The van der Waals surface area contributed by atoms with Crippen LogP contribution in [0.1, 0.15) is 27.0 Å². The molecule has 0 radical (unpaired) electrons. The van der Waals surface area contributed by atoms with Gasteiger partial charge in [0.2, 0.25) is 6.41 Å². The number of amides is 2. The standard InChI is InChI=1S/C21H28N6O2/c1-15-9-17(3)20(24-11-15)25-7-8-26(13-25)21(29)18-12-23-19(10-16(18)2)27(14-28)6-5-22-4/h9-12,14,22H,5-8,13H2,1-4H3. The highest BCUT2D eigenvalue weighted by molar-refractivity contribution is 5.96. The molecule has 0 aliphatic carbocycles. The highest BCUT2D eigenvalue weighted by atomic mass is 16.2. The number of anilines is 2. The summed E-state index contributed by atoms with van der Waals surface area (Å²) in [6, 6.07) is 3.89. The SMILES string of the molecule is CNCCN(C=O)c1cc(C)c(C(=O)N2CCN(c3ncc(C)cc3C)C2)cn1. The second-order valence-electron chi connectivity index (χ2n) is 7.39. The van der Waals surface area contributed by atoms with Gasteiger partial charge in [-0.05, 0) is 50.6 Å². The van der Waals surface area contributed by atoms with Crippen LogP contribution in [0, 0.1) is 20.8 Å². The molecule has 3 rings (SSSR count). The summed E-state index contributed by atoms with van der Waals surface area (Å²) < 4.78 is 0. The van der Waals surface area contributed by atoms with E-state index in [1.54, 1.807) is 12.3 Å². The first-order valence-corrected chi connectivity index (χ1v) is 9.75. The van der Waals surface area contributed by atoms with Gasteiger partial charge in [0.25, 0.3) is 5.91 Å². The van der Waals surface area contributed by atoms with Gasteiger partial charge in [0, 0.05) is 38.6 Å². The minimum Gasteiger partial charge on any atom is -0.337 e. The van der Waals surface area contributed by atoms with E-state index in [2.05, 4.69) is 26.3 Å². The van der Waals surface area contributed by atoms with Gasteiger partial charge in [-0.3, -0.25) is 14.5 Å². The summed E-state index contributed by atoms with van der Waals surface area (Å²) >= 11 is 0. The van der Waals surface area contributed by atoms with Crippen molar-refractivity contribution < 1.29 is 9.59 Å². The minimum absolute atomic E-state index is 0.0540. The van der Waals surface area contributed by atoms with Crippen molar-refractivity contribution in [3.05, 3.63) is 46.8 Å². The first-order chi connectivity index (χ1) is 13.9. The van der Waals surface area contributed by atoms with Crippen LogP contribution in [0.2, 0.25) is 0 Å². The third-order valence-corrected chi connectivity index (χ3v) is 5.11. The molecule has 2 aromatic heterocycles. The molecule has 3 heterocycles. The quantitative estimate of drug-likeness (QED) is 0.715.